The van der Waals surface area contributed by atoms with Gasteiger partial charge in [-0.15, -0.1) is 0 Å². The minimum Gasteiger partial charge on any atom is -0.494 e. The maximum Gasteiger partial charge on any atom is 0.124 e. The van der Waals surface area contributed by atoms with Gasteiger partial charge in [-0.3, -0.25) is 0 Å². The second kappa shape index (κ2) is 6.62. The molecule has 0 radical (unpaired) electrons. The van der Waals surface area contributed by atoms with Crippen molar-refractivity contribution in [2.24, 2.45) is 0 Å². The van der Waals surface area contributed by atoms with Gasteiger partial charge in [0, 0.05) is 17.3 Å². The Labute approximate surface area is 123 Å². The minimum absolute atomic E-state index is 0.323. The molecule has 0 aliphatic carbocycles. The molecule has 0 amide bonds. The molecule has 0 heterocycles. The van der Waals surface area contributed by atoms with E-state index in [-0.39, 0.29) is 5.82 Å². The van der Waals surface area contributed by atoms with Crippen LogP contribution in [0.2, 0.25) is 5.02 Å². The first-order valence-corrected chi connectivity index (χ1v) is 6.89. The van der Waals surface area contributed by atoms with Crippen LogP contribution in [0.4, 0.5) is 10.1 Å². The number of hydrogen-bond donors (Lipinski definition) is 1. The lowest BCUT2D eigenvalue weighted by molar-refractivity contribution is 0.340. The van der Waals surface area contributed by atoms with Crippen molar-refractivity contribution in [1.29, 1.82) is 0 Å². The Morgan fingerprint density at radius 1 is 1.20 bits per heavy atom. The summed E-state index contributed by atoms with van der Waals surface area (Å²) in [6.45, 7) is 5.17. The molecule has 0 saturated carbocycles. The zero-order chi connectivity index (χ0) is 14.5. The summed E-state index contributed by atoms with van der Waals surface area (Å²) in [5.41, 5.74) is 2.96. The van der Waals surface area contributed by atoms with Crippen LogP contribution in [-0.4, -0.2) is 6.61 Å². The summed E-state index contributed by atoms with van der Waals surface area (Å²) in [4.78, 5) is 0. The van der Waals surface area contributed by atoms with Gasteiger partial charge in [-0.25, -0.2) is 4.39 Å². The van der Waals surface area contributed by atoms with E-state index in [0.29, 0.717) is 18.2 Å². The lowest BCUT2D eigenvalue weighted by atomic mass is 10.1. The summed E-state index contributed by atoms with van der Waals surface area (Å²) in [7, 11) is 0. The van der Waals surface area contributed by atoms with Crippen molar-refractivity contribution in [3.63, 3.8) is 0 Å². The van der Waals surface area contributed by atoms with E-state index in [1.165, 1.54) is 12.1 Å². The Bertz CT molecular complexity index is 601. The molecule has 0 saturated heterocycles. The number of halogens is 2. The van der Waals surface area contributed by atoms with Crippen molar-refractivity contribution in [2.45, 2.75) is 20.4 Å². The highest BCUT2D eigenvalue weighted by Gasteiger charge is 2.04. The first-order chi connectivity index (χ1) is 9.60. The molecule has 0 spiro atoms. The lowest BCUT2D eigenvalue weighted by Gasteiger charge is -2.12. The standard InChI is InChI=1S/C16H17ClFNO/c1-3-20-14-6-7-16(11(2)8-14)19-10-12-4-5-13(18)9-15(12)17/h4-9,19H,3,10H2,1-2H3. The summed E-state index contributed by atoms with van der Waals surface area (Å²) < 4.78 is 18.4. The molecular weight excluding hydrogens is 277 g/mol. The van der Waals surface area contributed by atoms with Crippen molar-refractivity contribution in [3.05, 3.63) is 58.4 Å². The highest BCUT2D eigenvalue weighted by molar-refractivity contribution is 6.31. The van der Waals surface area contributed by atoms with Gasteiger partial charge in [0.15, 0.2) is 0 Å². The summed E-state index contributed by atoms with van der Waals surface area (Å²) in [6.07, 6.45) is 0. The number of nitrogens with one attached hydrogen (secondary N) is 1. The van der Waals surface area contributed by atoms with E-state index in [0.717, 1.165) is 22.6 Å². The molecule has 0 bridgehead atoms. The van der Waals surface area contributed by atoms with Crippen LogP contribution < -0.4 is 10.1 Å². The molecule has 0 aliphatic rings. The van der Waals surface area contributed by atoms with Gasteiger partial charge in [-0.05, 0) is 55.3 Å². The molecule has 2 nitrogen and oxygen atoms in total. The van der Waals surface area contributed by atoms with Crippen LogP contribution in [0, 0.1) is 12.7 Å². The highest BCUT2D eigenvalue weighted by Crippen LogP contribution is 2.23. The lowest BCUT2D eigenvalue weighted by Crippen LogP contribution is -2.02. The van der Waals surface area contributed by atoms with Crippen molar-refractivity contribution < 1.29 is 9.13 Å². The van der Waals surface area contributed by atoms with Gasteiger partial charge in [0.1, 0.15) is 11.6 Å². The minimum atomic E-state index is -0.323. The van der Waals surface area contributed by atoms with Gasteiger partial charge in [0.2, 0.25) is 0 Å². The fourth-order valence-electron chi connectivity index (χ4n) is 1.95. The van der Waals surface area contributed by atoms with Crippen LogP contribution >= 0.6 is 11.6 Å². The summed E-state index contributed by atoms with van der Waals surface area (Å²) in [6, 6.07) is 10.3. The number of aryl methyl sites for hydroxylation is 1. The van der Waals surface area contributed by atoms with Crippen molar-refractivity contribution in [3.8, 4) is 5.75 Å². The van der Waals surface area contributed by atoms with Gasteiger partial charge < -0.3 is 10.1 Å². The SMILES string of the molecule is CCOc1ccc(NCc2ccc(F)cc2Cl)c(C)c1. The van der Waals surface area contributed by atoms with Gasteiger partial charge >= 0.3 is 0 Å². The molecule has 2 aromatic rings. The van der Waals surface area contributed by atoms with E-state index < -0.39 is 0 Å². The fraction of sp³-hybridized carbons (Fsp3) is 0.250. The molecule has 106 valence electrons. The van der Waals surface area contributed by atoms with E-state index in [2.05, 4.69) is 5.32 Å². The molecule has 0 fully saturated rings. The average molecular weight is 294 g/mol. The molecule has 0 atom stereocenters. The predicted octanol–water partition coefficient (Wildman–Crippen LogP) is 4.80. The molecule has 20 heavy (non-hydrogen) atoms. The Kier molecular flexibility index (Phi) is 4.85. The first-order valence-electron chi connectivity index (χ1n) is 6.51. The van der Waals surface area contributed by atoms with E-state index >= 15 is 0 Å². The summed E-state index contributed by atoms with van der Waals surface area (Å²) >= 11 is 6.00. The van der Waals surface area contributed by atoms with Crippen molar-refractivity contribution in [2.75, 3.05) is 11.9 Å². The third kappa shape index (κ3) is 3.64. The smallest absolute Gasteiger partial charge is 0.124 e. The monoisotopic (exact) mass is 293 g/mol. The third-order valence-corrected chi connectivity index (χ3v) is 3.35. The van der Waals surface area contributed by atoms with Gasteiger partial charge in [0.25, 0.3) is 0 Å². The van der Waals surface area contributed by atoms with Gasteiger partial charge in [0.05, 0.1) is 6.61 Å². The largest absolute Gasteiger partial charge is 0.494 e. The fourth-order valence-corrected chi connectivity index (χ4v) is 2.18. The maximum absolute atomic E-state index is 13.0. The van der Waals surface area contributed by atoms with E-state index in [4.69, 9.17) is 16.3 Å². The number of ether oxygens (including phenoxy) is 1. The molecular formula is C16H17ClFNO. The Morgan fingerprint density at radius 2 is 2.00 bits per heavy atom. The highest BCUT2D eigenvalue weighted by atomic mass is 35.5. The molecule has 0 aliphatic heterocycles. The van der Waals surface area contributed by atoms with Crippen LogP contribution in [0.25, 0.3) is 0 Å². The second-order valence-corrected chi connectivity index (χ2v) is 4.91. The van der Waals surface area contributed by atoms with Crippen LogP contribution in [0.3, 0.4) is 0 Å². The molecule has 2 rings (SSSR count). The Balaban J connectivity index is 2.07. The number of rotatable bonds is 5. The maximum atomic E-state index is 13.0. The topological polar surface area (TPSA) is 21.3 Å². The van der Waals surface area contributed by atoms with E-state index in [9.17, 15) is 4.39 Å². The zero-order valence-corrected chi connectivity index (χ0v) is 12.3. The molecule has 1 N–H and O–H groups in total. The Morgan fingerprint density at radius 3 is 2.65 bits per heavy atom. The van der Waals surface area contributed by atoms with Crippen LogP contribution in [0.15, 0.2) is 36.4 Å². The van der Waals surface area contributed by atoms with Crippen molar-refractivity contribution >= 4 is 17.3 Å². The third-order valence-electron chi connectivity index (χ3n) is 2.99. The second-order valence-electron chi connectivity index (χ2n) is 4.50. The van der Waals surface area contributed by atoms with E-state index in [1.54, 1.807) is 6.07 Å². The summed E-state index contributed by atoms with van der Waals surface area (Å²) in [5.74, 6) is 0.534. The Hall–Kier alpha value is -1.74. The quantitative estimate of drug-likeness (QED) is 0.855. The molecule has 4 heteroatoms. The molecule has 0 unspecified atom stereocenters. The first kappa shape index (κ1) is 14.7. The van der Waals surface area contributed by atoms with Crippen LogP contribution in [0.5, 0.6) is 5.75 Å². The normalized spacial score (nSPS) is 10.4. The molecule has 0 aromatic heterocycles. The van der Waals surface area contributed by atoms with Gasteiger partial charge in [-0.1, -0.05) is 17.7 Å². The van der Waals surface area contributed by atoms with E-state index in [1.807, 2.05) is 32.0 Å². The van der Waals surface area contributed by atoms with Gasteiger partial charge in [-0.2, -0.15) is 0 Å². The van der Waals surface area contributed by atoms with Crippen LogP contribution in [-0.2, 0) is 6.54 Å². The van der Waals surface area contributed by atoms with Crippen LogP contribution in [0.1, 0.15) is 18.1 Å². The number of hydrogen-bond acceptors (Lipinski definition) is 2. The number of anilines is 1. The predicted molar refractivity (Wildman–Crippen MR) is 81.1 cm³/mol. The van der Waals surface area contributed by atoms with Crippen molar-refractivity contribution in [1.82, 2.24) is 0 Å². The zero-order valence-electron chi connectivity index (χ0n) is 11.5. The molecule has 2 aromatic carbocycles. The number of benzene rings is 2. The summed E-state index contributed by atoms with van der Waals surface area (Å²) in [5, 5.41) is 3.73. The average Bonchev–Trinajstić information content (AvgIpc) is 2.40.